The number of allylic oxidation sites excluding steroid dienone is 1. The first kappa shape index (κ1) is 38.1. The summed E-state index contributed by atoms with van der Waals surface area (Å²) in [6, 6.07) is 0. The van der Waals surface area contributed by atoms with Gasteiger partial charge < -0.3 is 19.8 Å². The molecule has 0 saturated carbocycles. The summed E-state index contributed by atoms with van der Waals surface area (Å²) in [6.45, 7) is 9.79. The number of hydrogen-bond acceptors (Lipinski definition) is 3. The van der Waals surface area contributed by atoms with Gasteiger partial charge in [0.05, 0.1) is 43.9 Å². The summed E-state index contributed by atoms with van der Waals surface area (Å²) in [5.41, 5.74) is 0. The molecule has 3 atom stereocenters. The predicted octanol–water partition coefficient (Wildman–Crippen LogP) is 8.17. The third kappa shape index (κ3) is 20.1. The van der Waals surface area contributed by atoms with Crippen molar-refractivity contribution < 1.29 is 34.2 Å². The Hall–Kier alpha value is -1.89. The smallest absolute Gasteiger partial charge is 0.306 e. The van der Waals surface area contributed by atoms with Crippen molar-refractivity contribution in [2.24, 2.45) is 17.8 Å². The molecule has 0 rings (SSSR count). The van der Waals surface area contributed by atoms with Gasteiger partial charge in [-0.25, -0.2) is 0 Å². The molecule has 0 amide bonds. The molecule has 0 radical (unpaired) electrons. The van der Waals surface area contributed by atoms with Crippen molar-refractivity contribution in [3.8, 4) is 0 Å². The first-order valence-corrected chi connectivity index (χ1v) is 16.2. The van der Waals surface area contributed by atoms with Crippen LogP contribution in [0.5, 0.6) is 0 Å². The van der Waals surface area contributed by atoms with Gasteiger partial charge in [0.2, 0.25) is 0 Å². The highest BCUT2D eigenvalue weighted by Gasteiger charge is 2.31. The van der Waals surface area contributed by atoms with Gasteiger partial charge in [0.25, 0.3) is 0 Å². The maximum absolute atomic E-state index is 11.5. The molecule has 0 aromatic heterocycles. The van der Waals surface area contributed by atoms with Crippen molar-refractivity contribution in [1.29, 1.82) is 0 Å². The van der Waals surface area contributed by atoms with Crippen molar-refractivity contribution in [3.63, 3.8) is 0 Å². The van der Waals surface area contributed by atoms with E-state index in [1.54, 1.807) is 20.8 Å². The van der Waals surface area contributed by atoms with E-state index in [4.69, 9.17) is 0 Å². The van der Waals surface area contributed by atoms with E-state index in [0.717, 1.165) is 12.8 Å². The number of unbranched alkanes of at least 4 members (excludes halogenated alkanes) is 13. The molecule has 0 aromatic carbocycles. The summed E-state index contributed by atoms with van der Waals surface area (Å²) >= 11 is 0. The van der Waals surface area contributed by atoms with Gasteiger partial charge in [0.1, 0.15) is 0 Å². The largest absolute Gasteiger partial charge is 0.481 e. The Morgan fingerprint density at radius 2 is 0.875 bits per heavy atom. The van der Waals surface area contributed by atoms with Crippen LogP contribution < -0.4 is 0 Å². The van der Waals surface area contributed by atoms with Gasteiger partial charge in [-0.3, -0.25) is 14.4 Å². The van der Waals surface area contributed by atoms with Crippen molar-refractivity contribution in [2.45, 2.75) is 137 Å². The quantitative estimate of drug-likeness (QED) is 0.0498. The second-order valence-electron chi connectivity index (χ2n) is 12.3. The van der Waals surface area contributed by atoms with Crippen molar-refractivity contribution in [1.82, 2.24) is 0 Å². The van der Waals surface area contributed by atoms with Gasteiger partial charge in [0, 0.05) is 19.3 Å². The minimum absolute atomic E-state index is 0.477. The first-order chi connectivity index (χ1) is 19.0. The number of quaternary nitrogens is 1. The molecule has 0 saturated heterocycles. The van der Waals surface area contributed by atoms with E-state index in [1.165, 1.54) is 77.0 Å². The number of nitrogens with zero attached hydrogens (tertiary/aromatic N) is 1. The van der Waals surface area contributed by atoms with E-state index in [-0.39, 0.29) is 0 Å². The second-order valence-corrected chi connectivity index (χ2v) is 12.3. The molecule has 0 aromatic rings. The third-order valence-electron chi connectivity index (χ3n) is 8.51. The average molecular weight is 569 g/mol. The molecular weight excluding hydrogens is 506 g/mol. The minimum atomic E-state index is -0.839. The lowest BCUT2D eigenvalue weighted by atomic mass is 10.0. The SMILES string of the molecule is CCCCCCCCCCCCCCC/C=C/C[N+](CCC(C)C(=O)O)(CCC(C)C(=O)O)CCC(C)C(=O)O. The summed E-state index contributed by atoms with van der Waals surface area (Å²) in [5.74, 6) is -4.01. The topological polar surface area (TPSA) is 112 Å². The minimum Gasteiger partial charge on any atom is -0.481 e. The number of carbonyl (C=O) groups is 3. The highest BCUT2D eigenvalue weighted by Crippen LogP contribution is 2.20. The van der Waals surface area contributed by atoms with Gasteiger partial charge in [0.15, 0.2) is 0 Å². The van der Waals surface area contributed by atoms with Crippen LogP contribution in [0.2, 0.25) is 0 Å². The van der Waals surface area contributed by atoms with Crippen LogP contribution in [0.1, 0.15) is 137 Å². The van der Waals surface area contributed by atoms with Crippen LogP contribution in [0.15, 0.2) is 12.2 Å². The van der Waals surface area contributed by atoms with Gasteiger partial charge in [-0.1, -0.05) is 111 Å². The van der Waals surface area contributed by atoms with Gasteiger partial charge >= 0.3 is 17.9 Å². The van der Waals surface area contributed by atoms with Crippen LogP contribution in [-0.4, -0.2) is 63.9 Å². The van der Waals surface area contributed by atoms with Crippen LogP contribution in [0.3, 0.4) is 0 Å². The number of hydrogen-bond donors (Lipinski definition) is 3. The Labute approximate surface area is 245 Å². The lowest BCUT2D eigenvalue weighted by Gasteiger charge is -2.39. The summed E-state index contributed by atoms with van der Waals surface area (Å²) in [5, 5.41) is 28.2. The molecule has 0 aliphatic carbocycles. The van der Waals surface area contributed by atoms with Crippen molar-refractivity contribution >= 4 is 17.9 Å². The van der Waals surface area contributed by atoms with Gasteiger partial charge in [-0.05, 0) is 18.9 Å². The molecule has 0 aliphatic rings. The molecule has 7 heteroatoms. The van der Waals surface area contributed by atoms with Gasteiger partial charge in [-0.15, -0.1) is 0 Å². The molecule has 7 nitrogen and oxygen atoms in total. The highest BCUT2D eigenvalue weighted by molar-refractivity contribution is 5.70. The molecule has 0 bridgehead atoms. The van der Waals surface area contributed by atoms with Crippen LogP contribution in [0, 0.1) is 17.8 Å². The fraction of sp³-hybridized carbons (Fsp3) is 0.848. The maximum Gasteiger partial charge on any atom is 0.306 e. The number of rotatable bonds is 28. The lowest BCUT2D eigenvalue weighted by molar-refractivity contribution is -0.924. The van der Waals surface area contributed by atoms with Crippen molar-refractivity contribution in [2.75, 3.05) is 26.2 Å². The second kappa shape index (κ2) is 23.8. The van der Waals surface area contributed by atoms with E-state index >= 15 is 0 Å². The van der Waals surface area contributed by atoms with Crippen molar-refractivity contribution in [3.05, 3.63) is 12.2 Å². The molecule has 0 spiro atoms. The zero-order valence-corrected chi connectivity index (χ0v) is 26.2. The predicted molar refractivity (Wildman–Crippen MR) is 163 cm³/mol. The summed E-state index contributed by atoms with van der Waals surface area (Å²) in [6.07, 6.45) is 24.1. The number of aliphatic carboxylic acids is 3. The summed E-state index contributed by atoms with van der Waals surface area (Å²) in [7, 11) is 0. The Balaban J connectivity index is 4.73. The first-order valence-electron chi connectivity index (χ1n) is 16.2. The van der Waals surface area contributed by atoms with Crippen LogP contribution in [-0.2, 0) is 14.4 Å². The Bertz CT molecular complexity index is 647. The summed E-state index contributed by atoms with van der Waals surface area (Å²) < 4.78 is 0.530. The fourth-order valence-electron chi connectivity index (χ4n) is 5.08. The Kier molecular flexibility index (Phi) is 22.7. The molecule has 40 heavy (non-hydrogen) atoms. The van der Waals surface area contributed by atoms with Crippen LogP contribution in [0.4, 0.5) is 0 Å². The zero-order valence-electron chi connectivity index (χ0n) is 26.2. The Morgan fingerprint density at radius 1 is 0.550 bits per heavy atom. The molecule has 0 heterocycles. The Morgan fingerprint density at radius 3 is 1.20 bits per heavy atom. The molecule has 3 N–H and O–H groups in total. The molecule has 0 aliphatic heterocycles. The molecular formula is C33H62NO6+. The van der Waals surface area contributed by atoms with Crippen LogP contribution in [0.25, 0.3) is 0 Å². The van der Waals surface area contributed by atoms with E-state index in [2.05, 4.69) is 19.1 Å². The van der Waals surface area contributed by atoms with Gasteiger partial charge in [-0.2, -0.15) is 0 Å². The van der Waals surface area contributed by atoms with E-state index in [0.29, 0.717) is 49.9 Å². The average Bonchev–Trinajstić information content (AvgIpc) is 2.92. The van der Waals surface area contributed by atoms with E-state index in [1.807, 2.05) is 0 Å². The third-order valence-corrected chi connectivity index (χ3v) is 8.51. The molecule has 3 unspecified atom stereocenters. The highest BCUT2D eigenvalue weighted by atomic mass is 16.4. The zero-order chi connectivity index (χ0) is 30.2. The molecule has 0 fully saturated rings. The number of carboxylic acid groups (broad SMARTS) is 3. The summed E-state index contributed by atoms with van der Waals surface area (Å²) in [4.78, 5) is 34.4. The van der Waals surface area contributed by atoms with E-state index < -0.39 is 35.7 Å². The maximum atomic E-state index is 11.5. The fourth-order valence-corrected chi connectivity index (χ4v) is 5.08. The lowest BCUT2D eigenvalue weighted by Crippen LogP contribution is -2.52. The van der Waals surface area contributed by atoms with E-state index in [9.17, 15) is 29.7 Å². The molecule has 234 valence electrons. The number of carboxylic acids is 3. The standard InChI is InChI=1S/C33H61NO6/c1-5-6-7-8-9-10-11-12-13-14-15-16-17-18-19-20-24-34(25-21-28(2)31(35)36,26-22-29(3)32(37)38)27-23-30(4)33(39)40/h19-20,28-30H,5-18,21-27H2,1-4H3,(H2-,35,36,37,38,39,40)/p+1/b20-19+. The van der Waals surface area contributed by atoms with Crippen LogP contribution >= 0.6 is 0 Å². The normalized spacial score (nSPS) is 15.5. The monoisotopic (exact) mass is 568 g/mol.